The second-order valence-corrected chi connectivity index (χ2v) is 3.58. The summed E-state index contributed by atoms with van der Waals surface area (Å²) in [4.78, 5) is 21.1. The molecule has 0 aliphatic heterocycles. The molecule has 0 heterocycles. The maximum atomic E-state index is 13.8. The Morgan fingerprint density at radius 1 is 1.47 bits per heavy atom. The molecule has 0 radical (unpaired) electrons. The van der Waals surface area contributed by atoms with Crippen LogP contribution in [0.1, 0.15) is 12.5 Å². The Labute approximate surface area is 102 Å². The van der Waals surface area contributed by atoms with Gasteiger partial charge in [0, 0.05) is 18.6 Å². The van der Waals surface area contributed by atoms with Crippen LogP contribution in [0, 0.1) is 5.82 Å². The summed E-state index contributed by atoms with van der Waals surface area (Å²) < 4.78 is 13.8. The third-order valence-corrected chi connectivity index (χ3v) is 2.16. The van der Waals surface area contributed by atoms with Crippen LogP contribution in [0.5, 0.6) is 0 Å². The molecule has 0 aromatic heterocycles. The van der Waals surface area contributed by atoms with E-state index in [1.165, 1.54) is 19.1 Å². The lowest BCUT2D eigenvalue weighted by Crippen LogP contribution is -2.08. The molecule has 0 saturated carbocycles. The molecule has 2 N–H and O–H groups in total. The highest BCUT2D eigenvalue weighted by Crippen LogP contribution is 2.26. The number of carboxylic acids is 1. The number of carboxylic acid groups (broad SMARTS) is 1. The molecule has 1 rings (SSSR count). The molecular formula is C11H9ClFNO3. The van der Waals surface area contributed by atoms with Gasteiger partial charge in [0.2, 0.25) is 5.91 Å². The van der Waals surface area contributed by atoms with Gasteiger partial charge in [-0.15, -0.1) is 0 Å². The number of benzene rings is 1. The molecule has 0 unspecified atom stereocenters. The van der Waals surface area contributed by atoms with Gasteiger partial charge in [0.1, 0.15) is 0 Å². The average molecular weight is 258 g/mol. The first-order valence-electron chi connectivity index (χ1n) is 4.58. The lowest BCUT2D eigenvalue weighted by molar-refractivity contribution is -0.131. The highest BCUT2D eigenvalue weighted by Gasteiger charge is 2.11. The summed E-state index contributed by atoms with van der Waals surface area (Å²) in [6.45, 7) is 1.24. The van der Waals surface area contributed by atoms with Gasteiger partial charge in [-0.3, -0.25) is 4.79 Å². The molecule has 0 spiro atoms. The quantitative estimate of drug-likeness (QED) is 0.818. The highest BCUT2D eigenvalue weighted by atomic mass is 35.5. The van der Waals surface area contributed by atoms with Crippen LogP contribution in [0.4, 0.5) is 10.1 Å². The molecule has 17 heavy (non-hydrogen) atoms. The van der Waals surface area contributed by atoms with Crippen molar-refractivity contribution in [3.05, 3.63) is 34.6 Å². The van der Waals surface area contributed by atoms with Gasteiger partial charge in [-0.05, 0) is 18.2 Å². The minimum atomic E-state index is -1.22. The minimum absolute atomic E-state index is 0.0491. The number of halogens is 2. The third-order valence-electron chi connectivity index (χ3n) is 1.83. The summed E-state index contributed by atoms with van der Waals surface area (Å²) >= 11 is 5.72. The SMILES string of the molecule is CC(=O)Nc1ccc(Cl)c(/C=C/C(=O)O)c1F. The second kappa shape index (κ2) is 5.45. The first-order chi connectivity index (χ1) is 7.91. The van der Waals surface area contributed by atoms with E-state index in [-0.39, 0.29) is 16.3 Å². The van der Waals surface area contributed by atoms with Crippen molar-refractivity contribution >= 4 is 35.2 Å². The van der Waals surface area contributed by atoms with Gasteiger partial charge in [-0.2, -0.15) is 0 Å². The van der Waals surface area contributed by atoms with Crippen LogP contribution in [0.25, 0.3) is 6.08 Å². The summed E-state index contributed by atoms with van der Waals surface area (Å²) in [5, 5.41) is 10.8. The first-order valence-corrected chi connectivity index (χ1v) is 4.96. The normalized spacial score (nSPS) is 10.5. The van der Waals surface area contributed by atoms with Crippen LogP contribution in [0.2, 0.25) is 5.02 Å². The Hall–Kier alpha value is -1.88. The number of hydrogen-bond acceptors (Lipinski definition) is 2. The number of hydrogen-bond donors (Lipinski definition) is 2. The van der Waals surface area contributed by atoms with Crippen molar-refractivity contribution in [3.8, 4) is 0 Å². The molecule has 0 aliphatic carbocycles. The van der Waals surface area contributed by atoms with Crippen molar-refractivity contribution in [1.82, 2.24) is 0 Å². The van der Waals surface area contributed by atoms with E-state index in [9.17, 15) is 14.0 Å². The van der Waals surface area contributed by atoms with E-state index in [1.54, 1.807) is 0 Å². The molecule has 0 bridgehead atoms. The summed E-state index contributed by atoms with van der Waals surface area (Å²) in [5.74, 6) is -2.42. The van der Waals surface area contributed by atoms with Crippen molar-refractivity contribution in [3.63, 3.8) is 0 Å². The molecule has 1 aromatic rings. The maximum Gasteiger partial charge on any atom is 0.328 e. The monoisotopic (exact) mass is 257 g/mol. The Balaban J connectivity index is 3.19. The molecule has 6 heteroatoms. The minimum Gasteiger partial charge on any atom is -0.478 e. The van der Waals surface area contributed by atoms with E-state index in [4.69, 9.17) is 16.7 Å². The van der Waals surface area contributed by atoms with Crippen LogP contribution >= 0.6 is 11.6 Å². The Kier molecular flexibility index (Phi) is 4.23. The summed E-state index contributed by atoms with van der Waals surface area (Å²) in [5.41, 5.74) is -0.132. The van der Waals surface area contributed by atoms with Crippen LogP contribution in [-0.4, -0.2) is 17.0 Å². The van der Waals surface area contributed by atoms with Gasteiger partial charge >= 0.3 is 5.97 Å². The van der Waals surface area contributed by atoms with Crippen molar-refractivity contribution in [2.45, 2.75) is 6.92 Å². The van der Waals surface area contributed by atoms with Crippen molar-refractivity contribution < 1.29 is 19.1 Å². The molecule has 1 amide bonds. The largest absolute Gasteiger partial charge is 0.478 e. The molecule has 0 atom stereocenters. The number of carbonyl (C=O) groups is 2. The van der Waals surface area contributed by atoms with Crippen molar-refractivity contribution in [2.24, 2.45) is 0 Å². The van der Waals surface area contributed by atoms with E-state index in [2.05, 4.69) is 5.32 Å². The van der Waals surface area contributed by atoms with Crippen LogP contribution in [-0.2, 0) is 9.59 Å². The molecular weight excluding hydrogens is 249 g/mol. The Morgan fingerprint density at radius 2 is 2.12 bits per heavy atom. The summed E-state index contributed by atoms with van der Waals surface area (Å²) in [6, 6.07) is 2.68. The fourth-order valence-electron chi connectivity index (χ4n) is 1.16. The number of rotatable bonds is 3. The van der Waals surface area contributed by atoms with E-state index in [0.717, 1.165) is 12.2 Å². The van der Waals surface area contributed by atoms with E-state index in [1.807, 2.05) is 0 Å². The van der Waals surface area contributed by atoms with Crippen molar-refractivity contribution in [1.29, 1.82) is 0 Å². The number of anilines is 1. The number of nitrogens with one attached hydrogen (secondary N) is 1. The lowest BCUT2D eigenvalue weighted by atomic mass is 10.1. The molecule has 0 aliphatic rings. The highest BCUT2D eigenvalue weighted by molar-refractivity contribution is 6.32. The standard InChI is InChI=1S/C11H9ClFNO3/c1-6(15)14-9-4-3-8(12)7(11(9)13)2-5-10(16)17/h2-5H,1H3,(H,14,15)(H,16,17)/b5-2+. The Morgan fingerprint density at radius 3 is 2.65 bits per heavy atom. The van der Waals surface area contributed by atoms with Crippen LogP contribution in [0.3, 0.4) is 0 Å². The zero-order chi connectivity index (χ0) is 13.0. The van der Waals surface area contributed by atoms with Gasteiger partial charge in [0.25, 0.3) is 0 Å². The number of amides is 1. The molecule has 0 saturated heterocycles. The van der Waals surface area contributed by atoms with Crippen LogP contribution < -0.4 is 5.32 Å². The van der Waals surface area contributed by atoms with Gasteiger partial charge in [-0.1, -0.05) is 11.6 Å². The molecule has 1 aromatic carbocycles. The molecule has 90 valence electrons. The maximum absolute atomic E-state index is 13.8. The van der Waals surface area contributed by atoms with Gasteiger partial charge in [0.05, 0.1) is 10.7 Å². The first kappa shape index (κ1) is 13.2. The summed E-state index contributed by atoms with van der Waals surface area (Å²) in [7, 11) is 0. The predicted octanol–water partition coefficient (Wildman–Crippen LogP) is 2.54. The van der Waals surface area contributed by atoms with Crippen molar-refractivity contribution in [2.75, 3.05) is 5.32 Å². The van der Waals surface area contributed by atoms with Crippen LogP contribution in [0.15, 0.2) is 18.2 Å². The third kappa shape index (κ3) is 3.57. The van der Waals surface area contributed by atoms with E-state index < -0.39 is 17.7 Å². The van der Waals surface area contributed by atoms with E-state index >= 15 is 0 Å². The smallest absolute Gasteiger partial charge is 0.328 e. The zero-order valence-corrected chi connectivity index (χ0v) is 9.58. The predicted molar refractivity (Wildman–Crippen MR) is 62.4 cm³/mol. The van der Waals surface area contributed by atoms with E-state index in [0.29, 0.717) is 0 Å². The number of aliphatic carboxylic acids is 1. The zero-order valence-electron chi connectivity index (χ0n) is 8.83. The lowest BCUT2D eigenvalue weighted by Gasteiger charge is -2.07. The fourth-order valence-corrected chi connectivity index (χ4v) is 1.37. The topological polar surface area (TPSA) is 66.4 Å². The molecule has 0 fully saturated rings. The second-order valence-electron chi connectivity index (χ2n) is 3.18. The average Bonchev–Trinajstić information content (AvgIpc) is 2.21. The van der Waals surface area contributed by atoms with Gasteiger partial charge in [-0.25, -0.2) is 9.18 Å². The summed E-state index contributed by atoms with van der Waals surface area (Å²) in [6.07, 6.45) is 1.80. The van der Waals surface area contributed by atoms with Gasteiger partial charge < -0.3 is 10.4 Å². The van der Waals surface area contributed by atoms with Gasteiger partial charge in [0.15, 0.2) is 5.82 Å². The Bertz CT molecular complexity index is 500. The number of carbonyl (C=O) groups excluding carboxylic acids is 1. The fraction of sp³-hybridized carbons (Fsp3) is 0.0909. The molecule has 4 nitrogen and oxygen atoms in total.